The molecule has 5 N–H and O–H groups in total. The molecule has 0 aromatic rings. The predicted molar refractivity (Wildman–Crippen MR) is 82.2 cm³/mol. The Hall–Kier alpha value is -0.690. The van der Waals surface area contributed by atoms with Gasteiger partial charge in [-0.15, -0.1) is 0 Å². The normalized spacial score (nSPS) is 29.5. The second kappa shape index (κ2) is 10.2. The molecule has 130 valence electrons. The lowest BCUT2D eigenvalue weighted by molar-refractivity contribution is -0.129. The zero-order valence-corrected chi connectivity index (χ0v) is 13.4. The summed E-state index contributed by atoms with van der Waals surface area (Å²) in [6.45, 7) is 1.75. The van der Waals surface area contributed by atoms with Gasteiger partial charge in [-0.25, -0.2) is 5.48 Å². The van der Waals surface area contributed by atoms with Gasteiger partial charge in [-0.3, -0.25) is 10.0 Å². The van der Waals surface area contributed by atoms with Crippen molar-refractivity contribution < 1.29 is 25.3 Å². The van der Waals surface area contributed by atoms with E-state index in [4.69, 9.17) is 5.21 Å². The van der Waals surface area contributed by atoms with Crippen LogP contribution in [0.25, 0.3) is 0 Å². The number of hydrogen-bond donors (Lipinski definition) is 5. The van der Waals surface area contributed by atoms with Crippen LogP contribution in [-0.2, 0) is 4.79 Å². The van der Waals surface area contributed by atoms with E-state index in [1.807, 2.05) is 0 Å². The molecule has 1 aliphatic carbocycles. The third-order valence-electron chi connectivity index (χ3n) is 4.76. The van der Waals surface area contributed by atoms with Gasteiger partial charge >= 0.3 is 0 Å². The van der Waals surface area contributed by atoms with Crippen LogP contribution in [0.4, 0.5) is 0 Å². The van der Waals surface area contributed by atoms with E-state index in [9.17, 15) is 20.1 Å². The van der Waals surface area contributed by atoms with E-state index < -0.39 is 12.2 Å². The summed E-state index contributed by atoms with van der Waals surface area (Å²) >= 11 is 0. The molecule has 1 saturated carbocycles. The van der Waals surface area contributed by atoms with E-state index in [0.717, 1.165) is 38.5 Å². The second-order valence-corrected chi connectivity index (χ2v) is 6.61. The van der Waals surface area contributed by atoms with Crippen molar-refractivity contribution >= 4 is 5.91 Å². The molecule has 0 aromatic carbocycles. The number of amides is 1. The third kappa shape index (κ3) is 6.60. The van der Waals surface area contributed by atoms with Gasteiger partial charge in [0.2, 0.25) is 5.91 Å². The Labute approximate surface area is 132 Å². The van der Waals surface area contributed by atoms with Gasteiger partial charge in [-0.05, 0) is 50.9 Å². The van der Waals surface area contributed by atoms with Gasteiger partial charge in [-0.1, -0.05) is 19.3 Å². The Balaban J connectivity index is 2.24. The summed E-state index contributed by atoms with van der Waals surface area (Å²) in [4.78, 5) is 10.9. The molecule has 1 aliphatic rings. The first kappa shape index (κ1) is 19.4. The van der Waals surface area contributed by atoms with E-state index in [-0.39, 0.29) is 23.8 Å². The van der Waals surface area contributed by atoms with Crippen molar-refractivity contribution in [1.29, 1.82) is 0 Å². The van der Waals surface area contributed by atoms with Crippen molar-refractivity contribution in [1.82, 2.24) is 5.48 Å². The lowest BCUT2D eigenvalue weighted by Crippen LogP contribution is -2.23. The van der Waals surface area contributed by atoms with E-state index in [1.165, 1.54) is 0 Å². The molecule has 0 aromatic heterocycles. The van der Waals surface area contributed by atoms with Crippen molar-refractivity contribution in [2.75, 3.05) is 0 Å². The fourth-order valence-corrected chi connectivity index (χ4v) is 3.49. The van der Waals surface area contributed by atoms with Crippen LogP contribution in [-0.4, -0.2) is 44.7 Å². The Morgan fingerprint density at radius 2 is 1.68 bits per heavy atom. The van der Waals surface area contributed by atoms with Gasteiger partial charge in [0.1, 0.15) is 0 Å². The number of nitrogens with one attached hydrogen (secondary N) is 1. The highest BCUT2D eigenvalue weighted by Gasteiger charge is 2.40. The highest BCUT2D eigenvalue weighted by Crippen LogP contribution is 2.39. The number of rotatable bonds is 10. The molecule has 6 nitrogen and oxygen atoms in total. The summed E-state index contributed by atoms with van der Waals surface area (Å²) < 4.78 is 0. The fraction of sp³-hybridized carbons (Fsp3) is 0.938. The van der Waals surface area contributed by atoms with Gasteiger partial charge in [0.25, 0.3) is 0 Å². The summed E-state index contributed by atoms with van der Waals surface area (Å²) in [6.07, 6.45) is 5.34. The Bertz CT molecular complexity index is 324. The highest BCUT2D eigenvalue weighted by molar-refractivity contribution is 5.74. The molecule has 0 bridgehead atoms. The minimum absolute atomic E-state index is 0.0739. The maximum Gasteiger partial charge on any atom is 0.243 e. The largest absolute Gasteiger partial charge is 0.393 e. The topological polar surface area (TPSA) is 110 Å². The molecule has 0 saturated heterocycles. The minimum Gasteiger partial charge on any atom is -0.393 e. The first-order valence-corrected chi connectivity index (χ1v) is 8.42. The average molecular weight is 317 g/mol. The molecule has 1 unspecified atom stereocenters. The zero-order valence-electron chi connectivity index (χ0n) is 13.4. The van der Waals surface area contributed by atoms with E-state index in [1.54, 1.807) is 12.4 Å². The molecule has 0 radical (unpaired) electrons. The number of aliphatic hydroxyl groups excluding tert-OH is 3. The predicted octanol–water partition coefficient (Wildman–Crippen LogP) is 1.35. The molecule has 5 atom stereocenters. The lowest BCUT2D eigenvalue weighted by atomic mass is 9.85. The minimum atomic E-state index is -0.466. The molecule has 0 aliphatic heterocycles. The molecule has 1 fully saturated rings. The van der Waals surface area contributed by atoms with Gasteiger partial charge in [0.05, 0.1) is 18.3 Å². The summed E-state index contributed by atoms with van der Waals surface area (Å²) in [5.41, 5.74) is 1.62. The van der Waals surface area contributed by atoms with E-state index in [2.05, 4.69) is 0 Å². The number of carbonyl (C=O) groups excluding carboxylic acids is 1. The molecule has 0 heterocycles. The van der Waals surface area contributed by atoms with Crippen LogP contribution in [0.3, 0.4) is 0 Å². The zero-order chi connectivity index (χ0) is 16.5. The number of unbranched alkanes of at least 4 members (excludes halogenated alkanes) is 3. The quantitative estimate of drug-likeness (QED) is 0.237. The lowest BCUT2D eigenvalue weighted by Gasteiger charge is -2.24. The van der Waals surface area contributed by atoms with Crippen LogP contribution < -0.4 is 5.48 Å². The van der Waals surface area contributed by atoms with Crippen LogP contribution in [0.2, 0.25) is 0 Å². The maximum atomic E-state index is 10.9. The van der Waals surface area contributed by atoms with Crippen molar-refractivity contribution in [3.8, 4) is 0 Å². The van der Waals surface area contributed by atoms with E-state index in [0.29, 0.717) is 19.3 Å². The van der Waals surface area contributed by atoms with Crippen LogP contribution in [0.5, 0.6) is 0 Å². The van der Waals surface area contributed by atoms with Crippen molar-refractivity contribution in [3.05, 3.63) is 0 Å². The monoisotopic (exact) mass is 317 g/mol. The SMILES string of the molecule is CC(O)CC[C@@H]1[C@@H](CCCCCCC(=O)NO)[C@@H](O)C[C@H]1O. The Morgan fingerprint density at radius 1 is 1.09 bits per heavy atom. The number of hydroxylamine groups is 1. The van der Waals surface area contributed by atoms with Gasteiger partial charge < -0.3 is 15.3 Å². The van der Waals surface area contributed by atoms with Gasteiger partial charge in [-0.2, -0.15) is 0 Å². The summed E-state index contributed by atoms with van der Waals surface area (Å²) in [6, 6.07) is 0. The maximum absolute atomic E-state index is 10.9. The fourth-order valence-electron chi connectivity index (χ4n) is 3.49. The first-order chi connectivity index (χ1) is 10.5. The molecule has 0 spiro atoms. The molecule has 6 heteroatoms. The first-order valence-electron chi connectivity index (χ1n) is 8.42. The second-order valence-electron chi connectivity index (χ2n) is 6.61. The van der Waals surface area contributed by atoms with Crippen LogP contribution in [0, 0.1) is 11.8 Å². The molecule has 1 rings (SSSR count). The molecular weight excluding hydrogens is 286 g/mol. The number of hydrogen-bond acceptors (Lipinski definition) is 5. The summed E-state index contributed by atoms with van der Waals surface area (Å²) in [7, 11) is 0. The molecule has 1 amide bonds. The number of carbonyl (C=O) groups is 1. The van der Waals surface area contributed by atoms with Crippen LogP contribution in [0.15, 0.2) is 0 Å². The smallest absolute Gasteiger partial charge is 0.243 e. The molecule has 22 heavy (non-hydrogen) atoms. The molecular formula is C16H31NO5. The summed E-state index contributed by atoms with van der Waals surface area (Å²) in [5.74, 6) is -0.174. The Morgan fingerprint density at radius 3 is 2.27 bits per heavy atom. The van der Waals surface area contributed by atoms with E-state index >= 15 is 0 Å². The van der Waals surface area contributed by atoms with Crippen LogP contribution in [0.1, 0.15) is 64.7 Å². The van der Waals surface area contributed by atoms with Crippen molar-refractivity contribution in [3.63, 3.8) is 0 Å². The van der Waals surface area contributed by atoms with Gasteiger partial charge in [0, 0.05) is 6.42 Å². The van der Waals surface area contributed by atoms with Crippen molar-refractivity contribution in [2.24, 2.45) is 11.8 Å². The van der Waals surface area contributed by atoms with Crippen molar-refractivity contribution in [2.45, 2.75) is 83.0 Å². The van der Waals surface area contributed by atoms with Crippen LogP contribution >= 0.6 is 0 Å². The third-order valence-corrected chi connectivity index (χ3v) is 4.76. The summed E-state index contributed by atoms with van der Waals surface area (Å²) in [5, 5.41) is 37.9. The average Bonchev–Trinajstić information content (AvgIpc) is 2.73. The Kier molecular flexibility index (Phi) is 8.93. The van der Waals surface area contributed by atoms with Gasteiger partial charge in [0.15, 0.2) is 0 Å². The standard InChI is InChI=1S/C16H31NO5/c1-11(18)8-9-13-12(14(19)10-15(13)20)6-4-2-3-5-7-16(21)17-22/h11-15,18-20,22H,2-10H2,1H3,(H,17,21)/t11?,12-,13-,14+,15-/m1/s1. The highest BCUT2D eigenvalue weighted by atomic mass is 16.5. The number of aliphatic hydroxyl groups is 3.